The third kappa shape index (κ3) is 3.10. The molecule has 0 spiro atoms. The van der Waals surface area contributed by atoms with Crippen molar-refractivity contribution >= 4 is 5.91 Å². The van der Waals surface area contributed by atoms with Gasteiger partial charge in [0.2, 0.25) is 0 Å². The summed E-state index contributed by atoms with van der Waals surface area (Å²) in [5, 5.41) is 11.0. The minimum atomic E-state index is 0.114. The van der Waals surface area contributed by atoms with Crippen LogP contribution in [0.2, 0.25) is 0 Å². The Morgan fingerprint density at radius 2 is 2.26 bits per heavy atom. The van der Waals surface area contributed by atoms with Crippen LogP contribution in [0.25, 0.3) is 0 Å². The number of carbonyl (C=O) groups is 1. The van der Waals surface area contributed by atoms with Gasteiger partial charge >= 0.3 is 0 Å². The van der Waals surface area contributed by atoms with Crippen LogP contribution in [0.1, 0.15) is 36.0 Å². The van der Waals surface area contributed by atoms with Gasteiger partial charge in [0.25, 0.3) is 5.91 Å². The van der Waals surface area contributed by atoms with Gasteiger partial charge in [0.1, 0.15) is 0 Å². The Morgan fingerprint density at radius 1 is 1.37 bits per heavy atom. The molecule has 19 heavy (non-hydrogen) atoms. The summed E-state index contributed by atoms with van der Waals surface area (Å²) in [6, 6.07) is 2.20. The molecular weight excluding hydrogens is 240 g/mol. The third-order valence-electron chi connectivity index (χ3n) is 3.93. The molecule has 5 nitrogen and oxygen atoms in total. The van der Waals surface area contributed by atoms with E-state index in [1.54, 1.807) is 18.5 Å². The fourth-order valence-electron chi connectivity index (χ4n) is 2.73. The first-order chi connectivity index (χ1) is 9.34. The summed E-state index contributed by atoms with van der Waals surface area (Å²) in [4.78, 5) is 14.6. The van der Waals surface area contributed by atoms with Gasteiger partial charge < -0.3 is 10.2 Å². The highest BCUT2D eigenvalue weighted by atomic mass is 16.2. The lowest BCUT2D eigenvalue weighted by Gasteiger charge is -2.30. The molecule has 1 saturated heterocycles. The number of piperidine rings is 1. The van der Waals surface area contributed by atoms with Gasteiger partial charge in [0, 0.05) is 12.6 Å². The fraction of sp³-hybridized carbons (Fsp3) is 0.643. The molecule has 1 saturated carbocycles. The minimum Gasteiger partial charge on any atom is -0.335 e. The van der Waals surface area contributed by atoms with E-state index < -0.39 is 0 Å². The summed E-state index contributed by atoms with van der Waals surface area (Å²) < 4.78 is 0. The van der Waals surface area contributed by atoms with E-state index in [0.717, 1.165) is 32.5 Å². The van der Waals surface area contributed by atoms with Gasteiger partial charge in [-0.1, -0.05) is 0 Å². The molecular formula is C14H20N4O. The van der Waals surface area contributed by atoms with Crippen molar-refractivity contribution in [2.45, 2.75) is 31.7 Å². The van der Waals surface area contributed by atoms with Crippen LogP contribution in [0.15, 0.2) is 18.5 Å². The second-order valence-corrected chi connectivity index (χ2v) is 5.53. The summed E-state index contributed by atoms with van der Waals surface area (Å²) in [6.07, 6.45) is 7.87. The van der Waals surface area contributed by atoms with E-state index in [-0.39, 0.29) is 5.91 Å². The molecule has 1 aromatic rings. The molecule has 0 radical (unpaired) electrons. The van der Waals surface area contributed by atoms with E-state index in [1.165, 1.54) is 12.8 Å². The molecule has 2 fully saturated rings. The van der Waals surface area contributed by atoms with Gasteiger partial charge in [-0.2, -0.15) is 10.2 Å². The zero-order chi connectivity index (χ0) is 13.1. The lowest BCUT2D eigenvalue weighted by atomic mass is 9.98. The minimum absolute atomic E-state index is 0.114. The third-order valence-corrected chi connectivity index (χ3v) is 3.93. The van der Waals surface area contributed by atoms with E-state index in [0.29, 0.717) is 17.5 Å². The summed E-state index contributed by atoms with van der Waals surface area (Å²) in [6.45, 7) is 3.02. The van der Waals surface area contributed by atoms with Gasteiger partial charge in [0.15, 0.2) is 0 Å². The molecule has 1 amide bonds. The number of hydrogen-bond acceptors (Lipinski definition) is 4. The maximum Gasteiger partial charge on any atom is 0.255 e. The van der Waals surface area contributed by atoms with Crippen molar-refractivity contribution in [3.8, 4) is 0 Å². The molecule has 3 rings (SSSR count). The first kappa shape index (κ1) is 12.5. The monoisotopic (exact) mass is 260 g/mol. The Labute approximate surface area is 113 Å². The van der Waals surface area contributed by atoms with Crippen LogP contribution in [0.5, 0.6) is 0 Å². The van der Waals surface area contributed by atoms with Crippen molar-refractivity contribution < 1.29 is 4.79 Å². The normalized spacial score (nSPS) is 23.1. The lowest BCUT2D eigenvalue weighted by Crippen LogP contribution is -2.42. The number of amides is 1. The highest BCUT2D eigenvalue weighted by Gasteiger charge is 2.34. The lowest BCUT2D eigenvalue weighted by molar-refractivity contribution is 0.0703. The zero-order valence-electron chi connectivity index (χ0n) is 11.1. The number of nitrogens with zero attached hydrogens (tertiary/aromatic N) is 3. The molecule has 5 heteroatoms. The Morgan fingerprint density at radius 3 is 2.89 bits per heavy atom. The maximum absolute atomic E-state index is 12.5. The van der Waals surface area contributed by atoms with E-state index in [2.05, 4.69) is 20.4 Å². The predicted molar refractivity (Wildman–Crippen MR) is 71.7 cm³/mol. The zero-order valence-corrected chi connectivity index (χ0v) is 11.1. The SMILES string of the molecule is O=C(c1ccnnc1)N(CC1CCCNC1)C1CC1. The van der Waals surface area contributed by atoms with Crippen molar-refractivity contribution in [1.29, 1.82) is 0 Å². The second-order valence-electron chi connectivity index (χ2n) is 5.53. The van der Waals surface area contributed by atoms with E-state index in [1.807, 2.05) is 0 Å². The summed E-state index contributed by atoms with van der Waals surface area (Å²) >= 11 is 0. The number of rotatable bonds is 4. The van der Waals surface area contributed by atoms with Crippen molar-refractivity contribution in [1.82, 2.24) is 20.4 Å². The van der Waals surface area contributed by atoms with Gasteiger partial charge in [-0.15, -0.1) is 0 Å². The smallest absolute Gasteiger partial charge is 0.255 e. The molecule has 1 N–H and O–H groups in total. The molecule has 2 heterocycles. The van der Waals surface area contributed by atoms with Crippen LogP contribution in [-0.4, -0.2) is 46.7 Å². The highest BCUT2D eigenvalue weighted by molar-refractivity contribution is 5.94. The molecule has 0 bridgehead atoms. The number of nitrogens with one attached hydrogen (secondary N) is 1. The first-order valence-corrected chi connectivity index (χ1v) is 7.13. The van der Waals surface area contributed by atoms with E-state index >= 15 is 0 Å². The van der Waals surface area contributed by atoms with Crippen LogP contribution >= 0.6 is 0 Å². The fourth-order valence-corrected chi connectivity index (χ4v) is 2.73. The first-order valence-electron chi connectivity index (χ1n) is 7.13. The standard InChI is InChI=1S/C14H20N4O/c19-14(12-5-7-16-17-9-12)18(13-3-4-13)10-11-2-1-6-15-8-11/h5,7,9,11,13,15H,1-4,6,8,10H2. The van der Waals surface area contributed by atoms with E-state index in [4.69, 9.17) is 0 Å². The largest absolute Gasteiger partial charge is 0.335 e. The van der Waals surface area contributed by atoms with Crippen molar-refractivity contribution in [3.05, 3.63) is 24.0 Å². The Hall–Kier alpha value is -1.49. The van der Waals surface area contributed by atoms with Crippen LogP contribution in [-0.2, 0) is 0 Å². The van der Waals surface area contributed by atoms with Crippen molar-refractivity contribution in [2.24, 2.45) is 5.92 Å². The van der Waals surface area contributed by atoms with Crippen LogP contribution in [0.3, 0.4) is 0 Å². The van der Waals surface area contributed by atoms with Gasteiger partial charge in [-0.05, 0) is 50.8 Å². The van der Waals surface area contributed by atoms with Crippen LogP contribution in [0, 0.1) is 5.92 Å². The maximum atomic E-state index is 12.5. The van der Waals surface area contributed by atoms with Crippen LogP contribution < -0.4 is 5.32 Å². The Kier molecular flexibility index (Phi) is 3.73. The molecule has 2 aliphatic rings. The molecule has 1 unspecified atom stereocenters. The number of hydrogen-bond donors (Lipinski definition) is 1. The molecule has 1 aliphatic heterocycles. The van der Waals surface area contributed by atoms with Crippen molar-refractivity contribution in [3.63, 3.8) is 0 Å². The van der Waals surface area contributed by atoms with Gasteiger partial charge in [-0.3, -0.25) is 4.79 Å². The Bertz CT molecular complexity index is 426. The summed E-state index contributed by atoms with van der Waals surface area (Å²) in [5.74, 6) is 0.705. The van der Waals surface area contributed by atoms with E-state index in [9.17, 15) is 4.79 Å². The second kappa shape index (κ2) is 5.65. The summed E-state index contributed by atoms with van der Waals surface area (Å²) in [5.41, 5.74) is 0.658. The molecule has 1 aliphatic carbocycles. The van der Waals surface area contributed by atoms with Crippen molar-refractivity contribution in [2.75, 3.05) is 19.6 Å². The molecule has 102 valence electrons. The number of aromatic nitrogens is 2. The molecule has 1 atom stereocenters. The quantitative estimate of drug-likeness (QED) is 0.880. The highest BCUT2D eigenvalue weighted by Crippen LogP contribution is 2.29. The Balaban J connectivity index is 1.68. The molecule has 0 aromatic carbocycles. The average Bonchev–Trinajstić information content (AvgIpc) is 3.31. The number of carbonyl (C=O) groups excluding carboxylic acids is 1. The predicted octanol–water partition coefficient (Wildman–Crippen LogP) is 1.08. The molecule has 1 aromatic heterocycles. The topological polar surface area (TPSA) is 58.1 Å². The van der Waals surface area contributed by atoms with Gasteiger partial charge in [-0.25, -0.2) is 0 Å². The summed E-state index contributed by atoms with van der Waals surface area (Å²) in [7, 11) is 0. The van der Waals surface area contributed by atoms with Gasteiger partial charge in [0.05, 0.1) is 18.0 Å². The van der Waals surface area contributed by atoms with Crippen LogP contribution in [0.4, 0.5) is 0 Å². The average molecular weight is 260 g/mol.